The van der Waals surface area contributed by atoms with Crippen molar-refractivity contribution < 1.29 is 0 Å². The van der Waals surface area contributed by atoms with E-state index < -0.39 is 0 Å². The minimum absolute atomic E-state index is 0.120. The van der Waals surface area contributed by atoms with Gasteiger partial charge in [0, 0.05) is 21.1 Å². The molecule has 0 unspecified atom stereocenters. The summed E-state index contributed by atoms with van der Waals surface area (Å²) in [6.45, 7) is 5.98. The molecule has 0 aromatic carbocycles. The number of thioether (sulfide) groups is 1. The number of nitrogens with zero attached hydrogens (tertiary/aromatic N) is 1. The summed E-state index contributed by atoms with van der Waals surface area (Å²) >= 11 is 4.07. The standard InChI is InChI=1S/C11H12INOS/c1-6-4-13-10(14)8(3)7(2)9(12)11(13)15-5-6/h4H,5H2,1-3H3. The lowest BCUT2D eigenvalue weighted by molar-refractivity contribution is 0.871. The van der Waals surface area contributed by atoms with Gasteiger partial charge in [-0.3, -0.25) is 9.36 Å². The van der Waals surface area contributed by atoms with Crippen LogP contribution in [0.15, 0.2) is 15.4 Å². The SMILES string of the molecule is CC1=Cn2c(c(I)c(C)c(C)c2=O)SC1. The van der Waals surface area contributed by atoms with Gasteiger partial charge in [-0.1, -0.05) is 0 Å². The molecule has 0 atom stereocenters. The fourth-order valence-electron chi connectivity index (χ4n) is 1.55. The second-order valence-electron chi connectivity index (χ2n) is 3.81. The maximum absolute atomic E-state index is 12.0. The largest absolute Gasteiger partial charge is 0.277 e. The van der Waals surface area contributed by atoms with Gasteiger partial charge in [0.05, 0.1) is 5.03 Å². The van der Waals surface area contributed by atoms with Crippen LogP contribution in [-0.4, -0.2) is 10.3 Å². The molecule has 1 aliphatic heterocycles. The van der Waals surface area contributed by atoms with Crippen LogP contribution < -0.4 is 5.56 Å². The molecule has 2 heterocycles. The molecule has 15 heavy (non-hydrogen) atoms. The molecule has 0 amide bonds. The quantitative estimate of drug-likeness (QED) is 0.681. The molecule has 0 radical (unpaired) electrons. The van der Waals surface area contributed by atoms with E-state index in [0.717, 1.165) is 21.9 Å². The summed E-state index contributed by atoms with van der Waals surface area (Å²) in [5.41, 5.74) is 3.34. The van der Waals surface area contributed by atoms with Gasteiger partial charge in [0.1, 0.15) is 0 Å². The highest BCUT2D eigenvalue weighted by molar-refractivity contribution is 14.1. The summed E-state index contributed by atoms with van der Waals surface area (Å²) < 4.78 is 2.99. The van der Waals surface area contributed by atoms with E-state index in [9.17, 15) is 4.79 Å². The summed E-state index contributed by atoms with van der Waals surface area (Å²) in [5, 5.41) is 1.09. The molecule has 0 saturated carbocycles. The first-order chi connectivity index (χ1) is 7.02. The summed E-state index contributed by atoms with van der Waals surface area (Å²) in [6.07, 6.45) is 1.96. The Morgan fingerprint density at radius 1 is 1.33 bits per heavy atom. The average molecular weight is 333 g/mol. The lowest BCUT2D eigenvalue weighted by Gasteiger charge is -2.19. The molecule has 4 heteroatoms. The number of hydrogen-bond acceptors (Lipinski definition) is 2. The second-order valence-corrected chi connectivity index (χ2v) is 5.85. The van der Waals surface area contributed by atoms with Crippen molar-refractivity contribution in [2.75, 3.05) is 5.75 Å². The lowest BCUT2D eigenvalue weighted by atomic mass is 10.2. The van der Waals surface area contributed by atoms with Crippen LogP contribution in [0, 0.1) is 17.4 Å². The Labute approximate surface area is 107 Å². The highest BCUT2D eigenvalue weighted by Gasteiger charge is 2.17. The third-order valence-electron chi connectivity index (χ3n) is 2.62. The van der Waals surface area contributed by atoms with E-state index in [1.807, 2.05) is 20.0 Å². The second kappa shape index (κ2) is 3.97. The Morgan fingerprint density at radius 2 is 2.00 bits per heavy atom. The fourth-order valence-corrected chi connectivity index (χ4v) is 3.68. The third kappa shape index (κ3) is 1.78. The van der Waals surface area contributed by atoms with Crippen LogP contribution in [-0.2, 0) is 0 Å². The van der Waals surface area contributed by atoms with Crippen LogP contribution in [0.5, 0.6) is 0 Å². The van der Waals surface area contributed by atoms with Crippen molar-refractivity contribution in [3.05, 3.63) is 30.6 Å². The fraction of sp³-hybridized carbons (Fsp3) is 0.364. The highest BCUT2D eigenvalue weighted by atomic mass is 127. The number of halogens is 1. The molecule has 1 aromatic rings. The minimum atomic E-state index is 0.120. The molecule has 0 aliphatic carbocycles. The van der Waals surface area contributed by atoms with E-state index in [4.69, 9.17) is 0 Å². The summed E-state index contributed by atoms with van der Waals surface area (Å²) in [6, 6.07) is 0. The van der Waals surface area contributed by atoms with Gasteiger partial charge in [-0.05, 0) is 54.5 Å². The van der Waals surface area contributed by atoms with Crippen molar-refractivity contribution in [3.63, 3.8) is 0 Å². The van der Waals surface area contributed by atoms with E-state index in [1.54, 1.807) is 16.3 Å². The minimum Gasteiger partial charge on any atom is -0.277 e. The van der Waals surface area contributed by atoms with Crippen LogP contribution in [0.3, 0.4) is 0 Å². The van der Waals surface area contributed by atoms with Crippen LogP contribution in [0.2, 0.25) is 0 Å². The number of rotatable bonds is 0. The zero-order valence-electron chi connectivity index (χ0n) is 8.93. The van der Waals surface area contributed by atoms with Gasteiger partial charge >= 0.3 is 0 Å². The van der Waals surface area contributed by atoms with Crippen molar-refractivity contribution in [1.29, 1.82) is 0 Å². The Hall–Kier alpha value is -0.230. The first kappa shape index (κ1) is 11.3. The van der Waals surface area contributed by atoms with Crippen molar-refractivity contribution in [2.24, 2.45) is 0 Å². The topological polar surface area (TPSA) is 22.0 Å². The highest BCUT2D eigenvalue weighted by Crippen LogP contribution is 2.31. The Balaban J connectivity index is 2.84. The Bertz CT molecular complexity index is 516. The zero-order valence-corrected chi connectivity index (χ0v) is 11.9. The van der Waals surface area contributed by atoms with Crippen LogP contribution in [0.1, 0.15) is 18.1 Å². The number of hydrogen-bond donors (Lipinski definition) is 0. The van der Waals surface area contributed by atoms with Gasteiger partial charge in [-0.25, -0.2) is 0 Å². The van der Waals surface area contributed by atoms with E-state index in [2.05, 4.69) is 29.5 Å². The Morgan fingerprint density at radius 3 is 2.67 bits per heavy atom. The molecule has 0 fully saturated rings. The molecule has 1 aliphatic rings. The van der Waals surface area contributed by atoms with Gasteiger partial charge in [0.25, 0.3) is 5.56 Å². The normalized spacial score (nSPS) is 14.8. The molecule has 0 N–H and O–H groups in total. The smallest absolute Gasteiger partial charge is 0.258 e. The first-order valence-corrected chi connectivity index (χ1v) is 6.80. The number of pyridine rings is 1. The van der Waals surface area contributed by atoms with Gasteiger partial charge in [-0.2, -0.15) is 0 Å². The molecule has 2 rings (SSSR count). The van der Waals surface area contributed by atoms with Gasteiger partial charge < -0.3 is 0 Å². The molecule has 1 aromatic heterocycles. The maximum Gasteiger partial charge on any atom is 0.258 e. The molecule has 2 nitrogen and oxygen atoms in total. The zero-order chi connectivity index (χ0) is 11.2. The molecular weight excluding hydrogens is 321 g/mol. The molecule has 0 spiro atoms. The Kier molecular flexibility index (Phi) is 2.98. The van der Waals surface area contributed by atoms with E-state index in [1.165, 1.54) is 9.14 Å². The van der Waals surface area contributed by atoms with Gasteiger partial charge in [0.2, 0.25) is 0 Å². The van der Waals surface area contributed by atoms with Crippen LogP contribution >= 0.6 is 34.4 Å². The molecular formula is C11H12INOS. The predicted molar refractivity (Wildman–Crippen MR) is 73.6 cm³/mol. The summed E-state index contributed by atoms with van der Waals surface area (Å²) in [7, 11) is 0. The van der Waals surface area contributed by atoms with E-state index >= 15 is 0 Å². The van der Waals surface area contributed by atoms with E-state index in [-0.39, 0.29) is 5.56 Å². The predicted octanol–water partition coefficient (Wildman–Crippen LogP) is 3.04. The van der Waals surface area contributed by atoms with Crippen LogP contribution in [0.25, 0.3) is 6.20 Å². The van der Waals surface area contributed by atoms with Gasteiger partial charge in [-0.15, -0.1) is 11.8 Å². The van der Waals surface area contributed by atoms with Crippen molar-refractivity contribution in [2.45, 2.75) is 25.8 Å². The average Bonchev–Trinajstić information content (AvgIpc) is 2.23. The summed E-state index contributed by atoms with van der Waals surface area (Å²) in [4.78, 5) is 12.0. The lowest BCUT2D eigenvalue weighted by Crippen LogP contribution is -2.24. The monoisotopic (exact) mass is 333 g/mol. The van der Waals surface area contributed by atoms with Crippen molar-refractivity contribution >= 4 is 40.6 Å². The van der Waals surface area contributed by atoms with E-state index in [0.29, 0.717) is 0 Å². The number of fused-ring (bicyclic) bond motifs is 1. The molecule has 0 saturated heterocycles. The van der Waals surface area contributed by atoms with Gasteiger partial charge in [0.15, 0.2) is 0 Å². The molecule has 0 bridgehead atoms. The van der Waals surface area contributed by atoms with Crippen molar-refractivity contribution in [3.8, 4) is 0 Å². The van der Waals surface area contributed by atoms with Crippen LogP contribution in [0.4, 0.5) is 0 Å². The molecule has 80 valence electrons. The first-order valence-electron chi connectivity index (χ1n) is 4.73. The summed E-state index contributed by atoms with van der Waals surface area (Å²) in [5.74, 6) is 0.984. The number of aromatic nitrogens is 1. The maximum atomic E-state index is 12.0. The van der Waals surface area contributed by atoms with Crippen molar-refractivity contribution in [1.82, 2.24) is 4.57 Å². The third-order valence-corrected chi connectivity index (χ3v) is 5.58.